The molecule has 0 fully saturated rings. The summed E-state index contributed by atoms with van der Waals surface area (Å²) >= 11 is 0. The topological polar surface area (TPSA) is 147 Å². The number of aromatic hydroxyl groups is 3. The molecule has 4 aromatic rings. The van der Waals surface area contributed by atoms with Crippen molar-refractivity contribution >= 4 is 17.9 Å². The molecule has 0 spiro atoms. The van der Waals surface area contributed by atoms with Crippen molar-refractivity contribution < 1.29 is 39.1 Å². The average molecular weight is 625 g/mol. The van der Waals surface area contributed by atoms with E-state index in [-0.39, 0.29) is 34.8 Å². The molecule has 0 saturated carbocycles. The molecule has 5 N–H and O–H groups in total. The van der Waals surface area contributed by atoms with Gasteiger partial charge in [-0.1, -0.05) is 30.3 Å². The molecule has 2 unspecified atom stereocenters. The molecular weight excluding hydrogens is 588 g/mol. The predicted octanol–water partition coefficient (Wildman–Crippen LogP) is 4.77. The average Bonchev–Trinajstić information content (AvgIpc) is 3.45. The van der Waals surface area contributed by atoms with Crippen molar-refractivity contribution in [1.29, 1.82) is 0 Å². The molecule has 46 heavy (non-hydrogen) atoms. The molecule has 0 aromatic heterocycles. The number of ether oxygens (including phenoxy) is 3. The van der Waals surface area contributed by atoms with Gasteiger partial charge in [-0.2, -0.15) is 0 Å². The standard InChI is InChI=1S/C36H36N2O8/c1-44-30-21-25(8-13-29(30)41)34-33(36(43)38-18-16-23-5-11-27(40)12-6-23)28-19-24(20-31(45-2)35(28)46-34)7-14-32(42)37-17-15-22-3-9-26(39)10-4-22/h3-14,19-21,33-34,39-41H,15-18H2,1-2H3,(H,37,42)(H,38,43)/b14-7-. The van der Waals surface area contributed by atoms with Crippen LogP contribution in [0.1, 0.15) is 39.8 Å². The van der Waals surface area contributed by atoms with E-state index in [2.05, 4.69) is 10.6 Å². The SMILES string of the molecule is COc1cc(C2Oc3c(OC)cc(/C=C\C(=O)NCCc4ccc(O)cc4)cc3C2C(=O)NCCc2ccc(O)cc2)ccc1O. The molecule has 0 bridgehead atoms. The summed E-state index contributed by atoms with van der Waals surface area (Å²) in [6.07, 6.45) is 3.47. The van der Waals surface area contributed by atoms with Crippen LogP contribution in [0.4, 0.5) is 0 Å². The van der Waals surface area contributed by atoms with E-state index >= 15 is 0 Å². The maximum Gasteiger partial charge on any atom is 0.244 e. The van der Waals surface area contributed by atoms with E-state index in [1.165, 1.54) is 26.4 Å². The van der Waals surface area contributed by atoms with Gasteiger partial charge in [0.05, 0.1) is 14.2 Å². The van der Waals surface area contributed by atoms with Gasteiger partial charge in [0.2, 0.25) is 11.8 Å². The molecule has 0 aliphatic carbocycles. The number of carbonyl (C=O) groups excluding carboxylic acids is 2. The number of amides is 2. The van der Waals surface area contributed by atoms with Crippen molar-refractivity contribution in [3.05, 3.63) is 113 Å². The molecule has 238 valence electrons. The highest BCUT2D eigenvalue weighted by Crippen LogP contribution is 2.51. The zero-order chi connectivity index (χ0) is 32.6. The Morgan fingerprint density at radius 2 is 1.39 bits per heavy atom. The van der Waals surface area contributed by atoms with Crippen molar-refractivity contribution in [2.45, 2.75) is 24.9 Å². The second-order valence-corrected chi connectivity index (χ2v) is 10.8. The van der Waals surface area contributed by atoms with Crippen LogP contribution < -0.4 is 24.8 Å². The van der Waals surface area contributed by atoms with E-state index in [1.807, 2.05) is 0 Å². The van der Waals surface area contributed by atoms with Crippen LogP contribution in [0, 0.1) is 0 Å². The van der Waals surface area contributed by atoms with Crippen LogP contribution in [0.5, 0.6) is 34.5 Å². The summed E-state index contributed by atoms with van der Waals surface area (Å²) in [7, 11) is 2.95. The molecule has 5 rings (SSSR count). The van der Waals surface area contributed by atoms with Crippen LogP contribution in [-0.2, 0) is 22.4 Å². The zero-order valence-corrected chi connectivity index (χ0v) is 25.5. The fraction of sp³-hybridized carbons (Fsp3) is 0.222. The summed E-state index contributed by atoms with van der Waals surface area (Å²) in [6, 6.07) is 22.0. The number of methoxy groups -OCH3 is 2. The van der Waals surface area contributed by atoms with Crippen LogP contribution in [0.3, 0.4) is 0 Å². The highest BCUT2D eigenvalue weighted by molar-refractivity contribution is 5.92. The number of hydrogen-bond acceptors (Lipinski definition) is 8. The molecule has 2 atom stereocenters. The molecule has 0 saturated heterocycles. The van der Waals surface area contributed by atoms with Gasteiger partial charge < -0.3 is 40.2 Å². The third-order valence-electron chi connectivity index (χ3n) is 7.75. The number of hydrogen-bond donors (Lipinski definition) is 5. The van der Waals surface area contributed by atoms with E-state index in [1.54, 1.807) is 78.9 Å². The lowest BCUT2D eigenvalue weighted by Gasteiger charge is -2.20. The van der Waals surface area contributed by atoms with Gasteiger partial charge in [-0.3, -0.25) is 9.59 Å². The third-order valence-corrected chi connectivity index (χ3v) is 7.75. The Morgan fingerprint density at radius 3 is 2.00 bits per heavy atom. The summed E-state index contributed by atoms with van der Waals surface area (Å²) in [5, 5.41) is 35.1. The predicted molar refractivity (Wildman–Crippen MR) is 172 cm³/mol. The number of benzene rings is 4. The Hall–Kier alpha value is -5.64. The van der Waals surface area contributed by atoms with Gasteiger partial charge in [-0.25, -0.2) is 0 Å². The van der Waals surface area contributed by atoms with E-state index in [0.29, 0.717) is 54.1 Å². The molecule has 4 aromatic carbocycles. The highest BCUT2D eigenvalue weighted by atomic mass is 16.5. The summed E-state index contributed by atoms with van der Waals surface area (Å²) in [5.74, 6) is 0.0356. The fourth-order valence-electron chi connectivity index (χ4n) is 5.35. The van der Waals surface area contributed by atoms with Gasteiger partial charge in [0.15, 0.2) is 23.0 Å². The van der Waals surface area contributed by atoms with Crippen LogP contribution in [0.25, 0.3) is 6.08 Å². The first-order valence-electron chi connectivity index (χ1n) is 14.8. The van der Waals surface area contributed by atoms with Crippen LogP contribution in [-0.4, -0.2) is 54.4 Å². The molecule has 0 radical (unpaired) electrons. The molecule has 10 heteroatoms. The van der Waals surface area contributed by atoms with Gasteiger partial charge in [0.25, 0.3) is 0 Å². The molecular formula is C36H36N2O8. The Morgan fingerprint density at radius 1 is 0.783 bits per heavy atom. The normalized spacial score (nSPS) is 15.2. The summed E-state index contributed by atoms with van der Waals surface area (Å²) in [5.41, 5.74) is 3.79. The van der Waals surface area contributed by atoms with Crippen LogP contribution >= 0.6 is 0 Å². The molecule has 1 aliphatic heterocycles. The second kappa shape index (κ2) is 14.4. The molecule has 2 amide bonds. The van der Waals surface area contributed by atoms with Gasteiger partial charge in [-0.05, 0) is 89.7 Å². The minimum Gasteiger partial charge on any atom is -0.508 e. The number of rotatable bonds is 12. The molecule has 1 heterocycles. The van der Waals surface area contributed by atoms with Crippen LogP contribution in [0.15, 0.2) is 84.9 Å². The maximum atomic E-state index is 13.8. The van der Waals surface area contributed by atoms with Gasteiger partial charge in [-0.15, -0.1) is 0 Å². The quantitative estimate of drug-likeness (QED) is 0.142. The van der Waals surface area contributed by atoms with Gasteiger partial charge >= 0.3 is 0 Å². The monoisotopic (exact) mass is 624 g/mol. The number of carbonyl (C=O) groups is 2. The Bertz CT molecular complexity index is 1720. The number of phenolic OH excluding ortho intramolecular Hbond substituents is 3. The van der Waals surface area contributed by atoms with Gasteiger partial charge in [0.1, 0.15) is 23.5 Å². The third kappa shape index (κ3) is 7.52. The van der Waals surface area contributed by atoms with Crippen LogP contribution in [0.2, 0.25) is 0 Å². The summed E-state index contributed by atoms with van der Waals surface area (Å²) in [6.45, 7) is 0.765. The first-order chi connectivity index (χ1) is 22.2. The second-order valence-electron chi connectivity index (χ2n) is 10.8. The minimum atomic E-state index is -0.787. The number of phenols is 3. The molecule has 10 nitrogen and oxygen atoms in total. The minimum absolute atomic E-state index is 0.0389. The van der Waals surface area contributed by atoms with E-state index in [0.717, 1.165) is 11.1 Å². The zero-order valence-electron chi connectivity index (χ0n) is 25.5. The highest BCUT2D eigenvalue weighted by Gasteiger charge is 2.42. The van der Waals surface area contributed by atoms with Crippen molar-refractivity contribution in [2.75, 3.05) is 27.3 Å². The lowest BCUT2D eigenvalue weighted by atomic mass is 9.89. The fourth-order valence-corrected chi connectivity index (χ4v) is 5.35. The van der Waals surface area contributed by atoms with Crippen molar-refractivity contribution in [1.82, 2.24) is 10.6 Å². The van der Waals surface area contributed by atoms with Crippen molar-refractivity contribution in [2.24, 2.45) is 0 Å². The van der Waals surface area contributed by atoms with Crippen molar-refractivity contribution in [3.8, 4) is 34.5 Å². The van der Waals surface area contributed by atoms with E-state index < -0.39 is 12.0 Å². The number of nitrogens with one attached hydrogen (secondary N) is 2. The summed E-state index contributed by atoms with van der Waals surface area (Å²) in [4.78, 5) is 26.4. The lowest BCUT2D eigenvalue weighted by Crippen LogP contribution is -2.33. The first kappa shape index (κ1) is 31.8. The molecule has 1 aliphatic rings. The Balaban J connectivity index is 1.37. The smallest absolute Gasteiger partial charge is 0.244 e. The van der Waals surface area contributed by atoms with Gasteiger partial charge in [0, 0.05) is 24.7 Å². The Labute approximate surface area is 266 Å². The largest absolute Gasteiger partial charge is 0.508 e. The van der Waals surface area contributed by atoms with Crippen molar-refractivity contribution in [3.63, 3.8) is 0 Å². The van der Waals surface area contributed by atoms with E-state index in [9.17, 15) is 24.9 Å². The lowest BCUT2D eigenvalue weighted by molar-refractivity contribution is -0.124. The Kier molecular flexibility index (Phi) is 9.97. The first-order valence-corrected chi connectivity index (χ1v) is 14.8. The maximum absolute atomic E-state index is 13.8. The number of fused-ring (bicyclic) bond motifs is 1. The summed E-state index contributed by atoms with van der Waals surface area (Å²) < 4.78 is 17.3. The van der Waals surface area contributed by atoms with E-state index in [4.69, 9.17) is 14.2 Å².